The van der Waals surface area contributed by atoms with E-state index in [-0.39, 0.29) is 30.0 Å². The highest BCUT2D eigenvalue weighted by Crippen LogP contribution is 2.16. The summed E-state index contributed by atoms with van der Waals surface area (Å²) in [6.07, 6.45) is 0.860. The topological polar surface area (TPSA) is 62.5 Å². The van der Waals surface area contributed by atoms with Crippen LogP contribution in [0.25, 0.3) is 0 Å². The Kier molecular flexibility index (Phi) is 9.13. The van der Waals surface area contributed by atoms with Gasteiger partial charge < -0.3 is 15.2 Å². The first-order valence-corrected chi connectivity index (χ1v) is 8.25. The number of aryl methyl sites for hydroxylation is 1. The minimum Gasteiger partial charge on any atom is -0.359 e. The summed E-state index contributed by atoms with van der Waals surface area (Å²) >= 11 is 5.93. The molecule has 0 saturated carbocycles. The summed E-state index contributed by atoms with van der Waals surface area (Å²) in [4.78, 5) is 4.55. The second kappa shape index (κ2) is 10.6. The Morgan fingerprint density at radius 3 is 2.58 bits per heavy atom. The van der Waals surface area contributed by atoms with E-state index in [1.54, 1.807) is 0 Å². The zero-order chi connectivity index (χ0) is 16.7. The van der Waals surface area contributed by atoms with E-state index in [2.05, 4.69) is 27.7 Å². The van der Waals surface area contributed by atoms with E-state index < -0.39 is 0 Å². The van der Waals surface area contributed by atoms with Crippen LogP contribution in [0.3, 0.4) is 0 Å². The monoisotopic (exact) mass is 462 g/mol. The van der Waals surface area contributed by atoms with Gasteiger partial charge in [0.2, 0.25) is 0 Å². The zero-order valence-corrected chi connectivity index (χ0v) is 17.3. The fraction of sp³-hybridized carbons (Fsp3) is 0.412. The molecule has 1 aromatic heterocycles. The third-order valence-corrected chi connectivity index (χ3v) is 3.68. The van der Waals surface area contributed by atoms with E-state index in [0.29, 0.717) is 6.54 Å². The Morgan fingerprint density at radius 2 is 2.00 bits per heavy atom. The van der Waals surface area contributed by atoms with Crippen LogP contribution in [0.15, 0.2) is 39.8 Å². The van der Waals surface area contributed by atoms with Crippen LogP contribution in [0, 0.1) is 0 Å². The van der Waals surface area contributed by atoms with Crippen LogP contribution >= 0.6 is 35.6 Å². The minimum atomic E-state index is 0. The number of hydrogen-bond acceptors (Lipinski definition) is 3. The molecule has 1 atom stereocenters. The van der Waals surface area contributed by atoms with Gasteiger partial charge in [-0.15, -0.1) is 24.0 Å². The summed E-state index contributed by atoms with van der Waals surface area (Å²) in [7, 11) is 0. The number of hydrogen-bond donors (Lipinski definition) is 2. The van der Waals surface area contributed by atoms with Gasteiger partial charge in [-0.2, -0.15) is 0 Å². The third kappa shape index (κ3) is 6.32. The number of aliphatic imine (C=N–C) groups is 1. The number of nitrogens with zero attached hydrogens (tertiary/aromatic N) is 2. The molecule has 2 rings (SSSR count). The van der Waals surface area contributed by atoms with Crippen molar-refractivity contribution < 1.29 is 4.52 Å². The lowest BCUT2D eigenvalue weighted by Crippen LogP contribution is -2.38. The molecule has 0 aliphatic rings. The predicted molar refractivity (Wildman–Crippen MR) is 109 cm³/mol. The van der Waals surface area contributed by atoms with Gasteiger partial charge in [-0.25, -0.2) is 4.99 Å². The first-order valence-electron chi connectivity index (χ1n) is 7.87. The first kappa shape index (κ1) is 20.8. The van der Waals surface area contributed by atoms with Crippen molar-refractivity contribution in [3.63, 3.8) is 0 Å². The lowest BCUT2D eigenvalue weighted by atomic mass is 10.1. The lowest BCUT2D eigenvalue weighted by Gasteiger charge is -2.18. The molecule has 24 heavy (non-hydrogen) atoms. The smallest absolute Gasteiger partial charge is 0.192 e. The maximum absolute atomic E-state index is 5.93. The van der Waals surface area contributed by atoms with Gasteiger partial charge in [0.1, 0.15) is 6.54 Å². The molecule has 0 aliphatic heterocycles. The van der Waals surface area contributed by atoms with Gasteiger partial charge in [-0.3, -0.25) is 0 Å². The molecule has 0 fully saturated rings. The summed E-state index contributed by atoms with van der Waals surface area (Å²) in [6, 6.07) is 9.85. The van der Waals surface area contributed by atoms with E-state index in [1.807, 2.05) is 44.2 Å². The Bertz CT molecular complexity index is 642. The van der Waals surface area contributed by atoms with E-state index in [0.717, 1.165) is 41.0 Å². The summed E-state index contributed by atoms with van der Waals surface area (Å²) in [5.41, 5.74) is 2.09. The highest BCUT2D eigenvalue weighted by molar-refractivity contribution is 14.0. The Balaban J connectivity index is 0.00000288. The van der Waals surface area contributed by atoms with Crippen LogP contribution in [-0.4, -0.2) is 17.7 Å². The predicted octanol–water partition coefficient (Wildman–Crippen LogP) is 4.32. The van der Waals surface area contributed by atoms with E-state index >= 15 is 0 Å². The number of halogens is 2. The molecule has 0 radical (unpaired) electrons. The van der Waals surface area contributed by atoms with Crippen molar-refractivity contribution in [3.05, 3.63) is 52.4 Å². The molecule has 0 spiro atoms. The molecule has 5 nitrogen and oxygen atoms in total. The van der Waals surface area contributed by atoms with Gasteiger partial charge in [0.15, 0.2) is 11.7 Å². The van der Waals surface area contributed by atoms with Crippen molar-refractivity contribution in [1.29, 1.82) is 0 Å². The molecule has 0 saturated heterocycles. The van der Waals surface area contributed by atoms with Crippen molar-refractivity contribution in [2.45, 2.75) is 39.8 Å². The van der Waals surface area contributed by atoms with Crippen molar-refractivity contribution in [2.24, 2.45) is 4.99 Å². The zero-order valence-electron chi connectivity index (χ0n) is 14.2. The van der Waals surface area contributed by atoms with Crippen LogP contribution in [0.1, 0.15) is 43.8 Å². The largest absolute Gasteiger partial charge is 0.359 e. The molecule has 1 aromatic carbocycles. The maximum atomic E-state index is 5.93. The Morgan fingerprint density at radius 1 is 1.29 bits per heavy atom. The fourth-order valence-corrected chi connectivity index (χ4v) is 2.24. The van der Waals surface area contributed by atoms with Crippen molar-refractivity contribution in [3.8, 4) is 0 Å². The van der Waals surface area contributed by atoms with Crippen molar-refractivity contribution in [2.75, 3.05) is 6.54 Å². The van der Waals surface area contributed by atoms with E-state index in [4.69, 9.17) is 16.1 Å². The molecule has 0 aliphatic carbocycles. The molecule has 132 valence electrons. The SMILES string of the molecule is CCNC(=NCc1cc(CC)no1)NC(C)c1ccc(Cl)cc1.I. The van der Waals surface area contributed by atoms with Crippen LogP contribution in [0.4, 0.5) is 0 Å². The summed E-state index contributed by atoms with van der Waals surface area (Å²) in [5, 5.41) is 11.3. The molecule has 2 N–H and O–H groups in total. The molecule has 7 heteroatoms. The summed E-state index contributed by atoms with van der Waals surface area (Å²) in [5.74, 6) is 1.50. The summed E-state index contributed by atoms with van der Waals surface area (Å²) in [6.45, 7) is 7.41. The third-order valence-electron chi connectivity index (χ3n) is 3.43. The molecule has 1 heterocycles. The highest BCUT2D eigenvalue weighted by atomic mass is 127. The summed E-state index contributed by atoms with van der Waals surface area (Å²) < 4.78 is 5.26. The van der Waals surface area contributed by atoms with Gasteiger partial charge in [0.25, 0.3) is 0 Å². The number of aromatic nitrogens is 1. The molecular weight excluding hydrogens is 439 g/mol. The van der Waals surface area contributed by atoms with Gasteiger partial charge in [-0.1, -0.05) is 35.8 Å². The van der Waals surface area contributed by atoms with Gasteiger partial charge in [0.05, 0.1) is 11.7 Å². The van der Waals surface area contributed by atoms with Gasteiger partial charge in [-0.05, 0) is 38.0 Å². The molecule has 0 bridgehead atoms. The molecule has 0 amide bonds. The standard InChI is InChI=1S/C17H23ClN4O.HI/c1-4-15-10-16(23-22-15)11-20-17(19-5-2)21-12(3)13-6-8-14(18)9-7-13;/h6-10,12H,4-5,11H2,1-3H3,(H2,19,20,21);1H. The fourth-order valence-electron chi connectivity index (χ4n) is 2.11. The minimum absolute atomic E-state index is 0. The average Bonchev–Trinajstić information content (AvgIpc) is 3.01. The van der Waals surface area contributed by atoms with Crippen LogP contribution in [-0.2, 0) is 13.0 Å². The van der Waals surface area contributed by atoms with Crippen molar-refractivity contribution >= 4 is 41.5 Å². The second-order valence-corrected chi connectivity index (χ2v) is 5.69. The van der Waals surface area contributed by atoms with Crippen molar-refractivity contribution in [1.82, 2.24) is 15.8 Å². The number of nitrogens with one attached hydrogen (secondary N) is 2. The average molecular weight is 463 g/mol. The molecule has 1 unspecified atom stereocenters. The molecular formula is C17H24ClIN4O. The second-order valence-electron chi connectivity index (χ2n) is 5.25. The Labute approximate surface area is 165 Å². The first-order chi connectivity index (χ1) is 11.1. The quantitative estimate of drug-likeness (QED) is 0.381. The number of guanidine groups is 1. The normalized spacial score (nSPS) is 12.4. The molecule has 2 aromatic rings. The highest BCUT2D eigenvalue weighted by Gasteiger charge is 2.08. The van der Waals surface area contributed by atoms with Crippen LogP contribution in [0.2, 0.25) is 5.02 Å². The van der Waals surface area contributed by atoms with Crippen LogP contribution in [0.5, 0.6) is 0 Å². The van der Waals surface area contributed by atoms with Gasteiger partial charge >= 0.3 is 0 Å². The van der Waals surface area contributed by atoms with Crippen LogP contribution < -0.4 is 10.6 Å². The number of benzene rings is 1. The Hall–Kier alpha value is -1.28. The van der Waals surface area contributed by atoms with E-state index in [1.165, 1.54) is 0 Å². The van der Waals surface area contributed by atoms with E-state index in [9.17, 15) is 0 Å². The van der Waals surface area contributed by atoms with Gasteiger partial charge in [0, 0.05) is 17.6 Å². The lowest BCUT2D eigenvalue weighted by molar-refractivity contribution is 0.379. The maximum Gasteiger partial charge on any atom is 0.192 e. The number of rotatable bonds is 6.